The van der Waals surface area contributed by atoms with Gasteiger partial charge in [0.2, 0.25) is 0 Å². The number of aryl methyl sites for hydroxylation is 4. The van der Waals surface area contributed by atoms with Crippen molar-refractivity contribution >= 4 is 11.9 Å². The van der Waals surface area contributed by atoms with Crippen LogP contribution in [0.15, 0.2) is 59.6 Å². The quantitative estimate of drug-likeness (QED) is 0.491. The van der Waals surface area contributed by atoms with Crippen molar-refractivity contribution in [1.82, 2.24) is 0 Å². The normalized spacial score (nSPS) is 12.6. The molecule has 0 aromatic heterocycles. The highest BCUT2D eigenvalue weighted by atomic mass is 16.3. The van der Waals surface area contributed by atoms with Gasteiger partial charge in [-0.2, -0.15) is 0 Å². The van der Waals surface area contributed by atoms with Crippen LogP contribution >= 0.6 is 0 Å². The van der Waals surface area contributed by atoms with Crippen LogP contribution in [-0.4, -0.2) is 16.4 Å². The van der Waals surface area contributed by atoms with E-state index in [0.29, 0.717) is 0 Å². The lowest BCUT2D eigenvalue weighted by molar-refractivity contribution is 0.442. The van der Waals surface area contributed by atoms with Gasteiger partial charge in [-0.3, -0.25) is 4.99 Å². The summed E-state index contributed by atoms with van der Waals surface area (Å²) in [6.07, 6.45) is 1.91. The van der Waals surface area contributed by atoms with Crippen molar-refractivity contribution in [2.24, 2.45) is 10.9 Å². The van der Waals surface area contributed by atoms with Gasteiger partial charge in [-0.1, -0.05) is 60.5 Å². The Balaban J connectivity index is 2.16. The van der Waals surface area contributed by atoms with Gasteiger partial charge in [-0.15, -0.1) is 0 Å². The van der Waals surface area contributed by atoms with Gasteiger partial charge in [-0.25, -0.2) is 0 Å². The third-order valence-corrected chi connectivity index (χ3v) is 5.36. The molecule has 1 atom stereocenters. The van der Waals surface area contributed by atoms with E-state index in [-0.39, 0.29) is 23.3 Å². The Hall–Kier alpha value is -3.07. The van der Waals surface area contributed by atoms with Gasteiger partial charge in [0.1, 0.15) is 11.5 Å². The van der Waals surface area contributed by atoms with Crippen LogP contribution in [0.5, 0.6) is 11.5 Å². The molecule has 29 heavy (non-hydrogen) atoms. The summed E-state index contributed by atoms with van der Waals surface area (Å²) in [5.41, 5.74) is 6.34. The summed E-state index contributed by atoms with van der Waals surface area (Å²) >= 11 is 0. The fourth-order valence-corrected chi connectivity index (χ4v) is 4.00. The van der Waals surface area contributed by atoms with E-state index < -0.39 is 0 Å². The summed E-state index contributed by atoms with van der Waals surface area (Å²) in [5.74, 6) is 0.285. The average molecular weight is 388 g/mol. The standard InChI is InChI=1S/C26H29NO2/c1-16-11-18(3)25(28)22(13-16)24(23-14-17(2)12-19(4)26(23)29)20(5)15-27-21-9-7-6-8-10-21/h6-15,20,24,28-29H,1-5H3/b27-15+. The third kappa shape index (κ3) is 4.51. The predicted molar refractivity (Wildman–Crippen MR) is 121 cm³/mol. The van der Waals surface area contributed by atoms with E-state index in [1.54, 1.807) is 0 Å². The van der Waals surface area contributed by atoms with E-state index >= 15 is 0 Å². The fraction of sp³-hybridized carbons (Fsp3) is 0.269. The summed E-state index contributed by atoms with van der Waals surface area (Å²) in [5, 5.41) is 21.8. The summed E-state index contributed by atoms with van der Waals surface area (Å²) < 4.78 is 0. The number of benzene rings is 3. The Morgan fingerprint density at radius 1 is 0.759 bits per heavy atom. The second kappa shape index (κ2) is 8.52. The predicted octanol–water partition coefficient (Wildman–Crippen LogP) is 6.50. The number of aromatic hydroxyl groups is 2. The molecule has 3 aromatic rings. The Morgan fingerprint density at radius 2 is 1.24 bits per heavy atom. The highest BCUT2D eigenvalue weighted by Gasteiger charge is 2.27. The molecule has 3 heteroatoms. The molecule has 0 radical (unpaired) electrons. The highest BCUT2D eigenvalue weighted by Crippen LogP contribution is 2.43. The van der Waals surface area contributed by atoms with E-state index in [1.807, 2.05) is 88.5 Å². The Kier molecular flexibility index (Phi) is 6.07. The number of hydrogen-bond donors (Lipinski definition) is 2. The van der Waals surface area contributed by atoms with E-state index in [0.717, 1.165) is 39.1 Å². The molecular formula is C26H29NO2. The second-order valence-corrected chi connectivity index (χ2v) is 7.99. The zero-order valence-electron chi connectivity index (χ0n) is 17.8. The van der Waals surface area contributed by atoms with Crippen molar-refractivity contribution in [3.63, 3.8) is 0 Å². The molecule has 0 fully saturated rings. The van der Waals surface area contributed by atoms with Gasteiger partial charge in [0.15, 0.2) is 0 Å². The molecule has 0 aliphatic carbocycles. The zero-order valence-corrected chi connectivity index (χ0v) is 17.8. The van der Waals surface area contributed by atoms with E-state index in [9.17, 15) is 10.2 Å². The minimum atomic E-state index is -0.223. The Labute approximate surface area is 173 Å². The monoisotopic (exact) mass is 387 g/mol. The number of rotatable bonds is 5. The number of nitrogens with zero attached hydrogens (tertiary/aromatic N) is 1. The first-order chi connectivity index (χ1) is 13.8. The SMILES string of the molecule is Cc1cc(C)c(O)c(C(c2cc(C)cc(C)c2O)C(C)/C=N/c2ccccc2)c1. The molecule has 0 bridgehead atoms. The van der Waals surface area contributed by atoms with E-state index in [2.05, 4.69) is 11.9 Å². The fourth-order valence-electron chi connectivity index (χ4n) is 4.00. The summed E-state index contributed by atoms with van der Waals surface area (Å²) in [6.45, 7) is 9.94. The second-order valence-electron chi connectivity index (χ2n) is 7.99. The lowest BCUT2D eigenvalue weighted by atomic mass is 9.79. The maximum Gasteiger partial charge on any atom is 0.122 e. The number of aliphatic imine (C=N–C) groups is 1. The lowest BCUT2D eigenvalue weighted by Gasteiger charge is -2.26. The van der Waals surface area contributed by atoms with Gasteiger partial charge in [0.25, 0.3) is 0 Å². The minimum absolute atomic E-state index is 0.0468. The first-order valence-electron chi connectivity index (χ1n) is 9.97. The van der Waals surface area contributed by atoms with Crippen LogP contribution in [0.1, 0.15) is 46.2 Å². The third-order valence-electron chi connectivity index (χ3n) is 5.36. The van der Waals surface area contributed by atoms with Crippen molar-refractivity contribution in [2.45, 2.75) is 40.5 Å². The number of hydrogen-bond acceptors (Lipinski definition) is 3. The molecule has 0 saturated carbocycles. The largest absolute Gasteiger partial charge is 0.507 e. The number of para-hydroxylation sites is 1. The summed E-state index contributed by atoms with van der Waals surface area (Å²) in [6, 6.07) is 17.8. The van der Waals surface area contributed by atoms with Crippen molar-refractivity contribution in [2.75, 3.05) is 0 Å². The molecule has 0 spiro atoms. The molecular weight excluding hydrogens is 358 g/mol. The van der Waals surface area contributed by atoms with Crippen molar-refractivity contribution < 1.29 is 10.2 Å². The van der Waals surface area contributed by atoms with Crippen LogP contribution in [0.3, 0.4) is 0 Å². The first-order valence-corrected chi connectivity index (χ1v) is 9.97. The number of phenolic OH excluding ortho intramolecular Hbond substituents is 2. The van der Waals surface area contributed by atoms with Crippen LogP contribution in [0.4, 0.5) is 5.69 Å². The van der Waals surface area contributed by atoms with Crippen molar-refractivity contribution in [3.8, 4) is 11.5 Å². The van der Waals surface area contributed by atoms with Crippen LogP contribution in [0.25, 0.3) is 0 Å². The molecule has 0 amide bonds. The maximum atomic E-state index is 10.9. The first kappa shape index (κ1) is 20.7. The van der Waals surface area contributed by atoms with Gasteiger partial charge in [-0.05, 0) is 51.0 Å². The zero-order chi connectivity index (χ0) is 21.1. The van der Waals surface area contributed by atoms with Crippen LogP contribution < -0.4 is 0 Å². The molecule has 3 rings (SSSR count). The molecule has 2 N–H and O–H groups in total. The van der Waals surface area contributed by atoms with Crippen molar-refractivity contribution in [1.29, 1.82) is 0 Å². The average Bonchev–Trinajstić information content (AvgIpc) is 2.68. The molecule has 0 heterocycles. The van der Waals surface area contributed by atoms with Gasteiger partial charge in [0.05, 0.1) is 5.69 Å². The van der Waals surface area contributed by atoms with Gasteiger partial charge in [0, 0.05) is 29.2 Å². The molecule has 1 unspecified atom stereocenters. The van der Waals surface area contributed by atoms with Crippen molar-refractivity contribution in [3.05, 3.63) is 88.0 Å². The topological polar surface area (TPSA) is 52.8 Å². The lowest BCUT2D eigenvalue weighted by Crippen LogP contribution is -2.14. The molecule has 0 aliphatic heterocycles. The molecule has 3 nitrogen and oxygen atoms in total. The highest BCUT2D eigenvalue weighted by molar-refractivity contribution is 5.69. The summed E-state index contributed by atoms with van der Waals surface area (Å²) in [7, 11) is 0. The Morgan fingerprint density at radius 3 is 1.72 bits per heavy atom. The molecule has 0 aliphatic rings. The molecule has 0 saturated heterocycles. The van der Waals surface area contributed by atoms with Gasteiger partial charge >= 0.3 is 0 Å². The van der Waals surface area contributed by atoms with Crippen LogP contribution in [-0.2, 0) is 0 Å². The van der Waals surface area contributed by atoms with Crippen LogP contribution in [0, 0.1) is 33.6 Å². The number of phenols is 2. The van der Waals surface area contributed by atoms with E-state index in [1.165, 1.54) is 0 Å². The van der Waals surface area contributed by atoms with Crippen LogP contribution in [0.2, 0.25) is 0 Å². The van der Waals surface area contributed by atoms with Gasteiger partial charge < -0.3 is 10.2 Å². The maximum absolute atomic E-state index is 10.9. The minimum Gasteiger partial charge on any atom is -0.507 e. The molecule has 150 valence electrons. The van der Waals surface area contributed by atoms with E-state index in [4.69, 9.17) is 0 Å². The summed E-state index contributed by atoms with van der Waals surface area (Å²) in [4.78, 5) is 4.64. The molecule has 3 aromatic carbocycles. The smallest absolute Gasteiger partial charge is 0.122 e. The Bertz CT molecular complexity index is 981.